The predicted molar refractivity (Wildman–Crippen MR) is 101 cm³/mol. The Labute approximate surface area is 152 Å². The number of fused-ring (bicyclic) bond motifs is 3. The number of benzene rings is 2. The average Bonchev–Trinajstić information content (AvgIpc) is 3.11. The van der Waals surface area contributed by atoms with Crippen LogP contribution in [0, 0.1) is 0 Å². The van der Waals surface area contributed by atoms with Crippen LogP contribution in [0.25, 0.3) is 5.57 Å². The van der Waals surface area contributed by atoms with Crippen LogP contribution in [-0.2, 0) is 15.1 Å². The Balaban J connectivity index is 1.74. The second kappa shape index (κ2) is 5.35. The standard InChI is InChI=1S/C21H20N2O3/c1-14-15-6-3-4-9-18(15)26-21(14)19-16(22(2)20(21)24)7-5-8-17(19)23-10-12-25-13-11-23/h3-9H,1,10-13H2,2H3/t21-/m1/s1. The lowest BCUT2D eigenvalue weighted by molar-refractivity contribution is -0.127. The zero-order chi connectivity index (χ0) is 17.9. The highest BCUT2D eigenvalue weighted by Crippen LogP contribution is 2.57. The summed E-state index contributed by atoms with van der Waals surface area (Å²) in [5, 5.41) is 0. The highest BCUT2D eigenvalue weighted by atomic mass is 16.5. The Morgan fingerprint density at radius 1 is 1.04 bits per heavy atom. The normalized spacial score (nSPS) is 24.0. The van der Waals surface area contributed by atoms with Crippen molar-refractivity contribution in [1.82, 2.24) is 0 Å². The quantitative estimate of drug-likeness (QED) is 0.795. The zero-order valence-electron chi connectivity index (χ0n) is 14.7. The number of rotatable bonds is 1. The topological polar surface area (TPSA) is 42.0 Å². The number of likely N-dealkylation sites (N-methyl/N-ethyl adjacent to an activating group) is 1. The van der Waals surface area contributed by atoms with Gasteiger partial charge >= 0.3 is 0 Å². The minimum Gasteiger partial charge on any atom is -0.467 e. The molecule has 0 radical (unpaired) electrons. The van der Waals surface area contributed by atoms with Crippen LogP contribution in [0.2, 0.25) is 0 Å². The van der Waals surface area contributed by atoms with Crippen LogP contribution in [0.15, 0.2) is 49.0 Å². The minimum absolute atomic E-state index is 0.0885. The summed E-state index contributed by atoms with van der Waals surface area (Å²) in [5.74, 6) is 0.623. The Morgan fingerprint density at radius 2 is 1.77 bits per heavy atom. The molecule has 0 aromatic heterocycles. The maximum absolute atomic E-state index is 13.4. The third kappa shape index (κ3) is 1.81. The van der Waals surface area contributed by atoms with Crippen molar-refractivity contribution < 1.29 is 14.3 Å². The molecule has 0 N–H and O–H groups in total. The summed E-state index contributed by atoms with van der Waals surface area (Å²) in [6.07, 6.45) is 0. The number of nitrogens with zero attached hydrogens (tertiary/aromatic N) is 2. The van der Waals surface area contributed by atoms with Crippen LogP contribution in [0.1, 0.15) is 11.1 Å². The number of hydrogen-bond donors (Lipinski definition) is 0. The van der Waals surface area contributed by atoms with Gasteiger partial charge in [0.15, 0.2) is 0 Å². The van der Waals surface area contributed by atoms with Crippen molar-refractivity contribution in [2.24, 2.45) is 0 Å². The van der Waals surface area contributed by atoms with Gasteiger partial charge in [-0.15, -0.1) is 0 Å². The van der Waals surface area contributed by atoms with Crippen molar-refractivity contribution >= 4 is 22.9 Å². The molecule has 26 heavy (non-hydrogen) atoms. The molecule has 3 aliphatic heterocycles. The fourth-order valence-electron chi connectivity index (χ4n) is 4.28. The molecule has 1 fully saturated rings. The van der Waals surface area contributed by atoms with E-state index < -0.39 is 5.60 Å². The summed E-state index contributed by atoms with van der Waals surface area (Å²) in [7, 11) is 1.80. The third-order valence-electron chi connectivity index (χ3n) is 5.59. The lowest BCUT2D eigenvalue weighted by Crippen LogP contribution is -2.43. The molecule has 1 saturated heterocycles. The highest BCUT2D eigenvalue weighted by molar-refractivity contribution is 6.17. The van der Waals surface area contributed by atoms with E-state index in [2.05, 4.69) is 17.5 Å². The molecule has 1 atom stereocenters. The lowest BCUT2D eigenvalue weighted by atomic mass is 9.85. The molecule has 1 amide bonds. The fourth-order valence-corrected chi connectivity index (χ4v) is 4.28. The Bertz CT molecular complexity index is 933. The second-order valence-corrected chi connectivity index (χ2v) is 6.89. The van der Waals surface area contributed by atoms with E-state index in [-0.39, 0.29) is 5.91 Å². The molecule has 5 nitrogen and oxygen atoms in total. The molecule has 5 heteroatoms. The summed E-state index contributed by atoms with van der Waals surface area (Å²) in [6.45, 7) is 7.24. The van der Waals surface area contributed by atoms with Crippen molar-refractivity contribution in [3.8, 4) is 5.75 Å². The molecular weight excluding hydrogens is 328 g/mol. The summed E-state index contributed by atoms with van der Waals surface area (Å²) in [6, 6.07) is 13.8. The lowest BCUT2D eigenvalue weighted by Gasteiger charge is -2.33. The zero-order valence-corrected chi connectivity index (χ0v) is 14.7. The number of hydrogen-bond acceptors (Lipinski definition) is 4. The summed E-state index contributed by atoms with van der Waals surface area (Å²) >= 11 is 0. The van der Waals surface area contributed by atoms with Gasteiger partial charge in [0.25, 0.3) is 5.91 Å². The molecule has 3 heterocycles. The first-order valence-electron chi connectivity index (χ1n) is 8.87. The minimum atomic E-state index is -1.18. The maximum Gasteiger partial charge on any atom is 0.280 e. The van der Waals surface area contributed by atoms with Crippen LogP contribution >= 0.6 is 0 Å². The highest BCUT2D eigenvalue weighted by Gasteiger charge is 2.59. The van der Waals surface area contributed by atoms with Gasteiger partial charge in [0.2, 0.25) is 5.60 Å². The van der Waals surface area contributed by atoms with E-state index in [4.69, 9.17) is 9.47 Å². The van der Waals surface area contributed by atoms with Crippen molar-refractivity contribution in [3.05, 3.63) is 60.2 Å². The van der Waals surface area contributed by atoms with Gasteiger partial charge in [-0.05, 0) is 18.2 Å². The summed E-state index contributed by atoms with van der Waals surface area (Å²) < 4.78 is 11.9. The van der Waals surface area contributed by atoms with Crippen LogP contribution in [0.4, 0.5) is 11.4 Å². The molecule has 0 bridgehead atoms. The van der Waals surface area contributed by atoms with Gasteiger partial charge < -0.3 is 19.3 Å². The van der Waals surface area contributed by atoms with E-state index in [1.807, 2.05) is 36.4 Å². The first-order chi connectivity index (χ1) is 12.6. The van der Waals surface area contributed by atoms with Crippen LogP contribution in [0.3, 0.4) is 0 Å². The summed E-state index contributed by atoms with van der Waals surface area (Å²) in [4.78, 5) is 17.4. The van der Waals surface area contributed by atoms with Crippen molar-refractivity contribution in [2.75, 3.05) is 43.2 Å². The van der Waals surface area contributed by atoms with Gasteiger partial charge in [-0.3, -0.25) is 4.79 Å². The number of ether oxygens (including phenoxy) is 2. The SMILES string of the molecule is C=C1c2ccccc2O[C@]12C(=O)N(C)c1cccc(N3CCOCC3)c12. The first-order valence-corrected chi connectivity index (χ1v) is 8.87. The molecule has 2 aromatic carbocycles. The van der Waals surface area contributed by atoms with E-state index in [1.54, 1.807) is 11.9 Å². The smallest absolute Gasteiger partial charge is 0.280 e. The number of carbonyl (C=O) groups excluding carboxylic acids is 1. The molecule has 2 aromatic rings. The molecule has 3 aliphatic rings. The van der Waals surface area contributed by atoms with Crippen LogP contribution < -0.4 is 14.5 Å². The van der Waals surface area contributed by atoms with E-state index in [1.165, 1.54) is 0 Å². The molecule has 0 unspecified atom stereocenters. The largest absolute Gasteiger partial charge is 0.467 e. The molecule has 132 valence electrons. The number of anilines is 2. The average molecular weight is 348 g/mol. The Morgan fingerprint density at radius 3 is 2.54 bits per heavy atom. The predicted octanol–water partition coefficient (Wildman–Crippen LogP) is 2.80. The second-order valence-electron chi connectivity index (χ2n) is 6.89. The number of carbonyl (C=O) groups is 1. The maximum atomic E-state index is 13.4. The van der Waals surface area contributed by atoms with Crippen LogP contribution in [-0.4, -0.2) is 39.3 Å². The monoisotopic (exact) mass is 348 g/mol. The first kappa shape index (κ1) is 15.5. The molecule has 0 aliphatic carbocycles. The van der Waals surface area contributed by atoms with Crippen molar-refractivity contribution in [1.29, 1.82) is 0 Å². The third-order valence-corrected chi connectivity index (χ3v) is 5.59. The summed E-state index contributed by atoms with van der Waals surface area (Å²) in [5.41, 5.74) is 3.24. The van der Waals surface area contributed by atoms with Crippen molar-refractivity contribution in [3.63, 3.8) is 0 Å². The van der Waals surface area contributed by atoms with Gasteiger partial charge in [0, 0.05) is 37.0 Å². The Hall–Kier alpha value is -2.79. The van der Waals surface area contributed by atoms with E-state index >= 15 is 0 Å². The van der Waals surface area contributed by atoms with Gasteiger partial charge in [-0.1, -0.05) is 30.8 Å². The van der Waals surface area contributed by atoms with E-state index in [9.17, 15) is 4.79 Å². The van der Waals surface area contributed by atoms with E-state index in [0.29, 0.717) is 24.5 Å². The molecule has 1 spiro atoms. The van der Waals surface area contributed by atoms with Gasteiger partial charge in [0.05, 0.1) is 24.5 Å². The fraction of sp³-hybridized carbons (Fsp3) is 0.286. The molecular formula is C21H20N2O3. The van der Waals surface area contributed by atoms with Gasteiger partial charge in [0.1, 0.15) is 5.75 Å². The van der Waals surface area contributed by atoms with E-state index in [0.717, 1.165) is 35.6 Å². The molecule has 5 rings (SSSR count). The Kier molecular flexibility index (Phi) is 3.18. The molecule has 0 saturated carbocycles. The number of para-hydroxylation sites is 1. The number of amides is 1. The van der Waals surface area contributed by atoms with Crippen molar-refractivity contribution in [2.45, 2.75) is 5.60 Å². The number of morpholine rings is 1. The van der Waals surface area contributed by atoms with Gasteiger partial charge in [-0.25, -0.2) is 0 Å². The van der Waals surface area contributed by atoms with Gasteiger partial charge in [-0.2, -0.15) is 0 Å². The van der Waals surface area contributed by atoms with Crippen LogP contribution in [0.5, 0.6) is 5.75 Å².